The minimum Gasteiger partial charge on any atom is -0.495 e. The maximum atomic E-state index is 12.9. The van der Waals surface area contributed by atoms with Crippen molar-refractivity contribution in [1.82, 2.24) is 0 Å². The molecule has 1 aromatic rings. The van der Waals surface area contributed by atoms with E-state index in [2.05, 4.69) is 10.1 Å². The molecule has 0 heterocycles. The molecule has 1 N–H and O–H groups in total. The average Bonchev–Trinajstić information content (AvgIpc) is 2.29. The molecular formula is C11H14FNO3. The Bertz CT molecular complexity index is 368. The lowest BCUT2D eigenvalue weighted by Gasteiger charge is -2.10. The summed E-state index contributed by atoms with van der Waals surface area (Å²) in [5.74, 6) is -0.143. The fraction of sp³-hybridized carbons (Fsp3) is 0.364. The van der Waals surface area contributed by atoms with Gasteiger partial charge in [-0.2, -0.15) is 0 Å². The minimum atomic E-state index is -0.360. The molecule has 1 aromatic carbocycles. The third kappa shape index (κ3) is 3.42. The van der Waals surface area contributed by atoms with Crippen molar-refractivity contribution in [2.24, 2.45) is 0 Å². The number of hydrogen-bond acceptors (Lipinski definition) is 4. The van der Waals surface area contributed by atoms with E-state index < -0.39 is 0 Å². The van der Waals surface area contributed by atoms with Gasteiger partial charge in [-0.15, -0.1) is 0 Å². The Labute approximate surface area is 93.4 Å². The van der Waals surface area contributed by atoms with Crippen LogP contribution >= 0.6 is 0 Å². The van der Waals surface area contributed by atoms with Crippen molar-refractivity contribution in [3.8, 4) is 5.75 Å². The van der Waals surface area contributed by atoms with Crippen LogP contribution in [0.4, 0.5) is 10.1 Å². The predicted octanol–water partition coefficient (Wildman–Crippen LogP) is 1.81. The molecule has 0 saturated heterocycles. The van der Waals surface area contributed by atoms with Gasteiger partial charge in [0.25, 0.3) is 0 Å². The molecule has 0 radical (unpaired) electrons. The second-order valence-corrected chi connectivity index (χ2v) is 3.10. The fourth-order valence-electron chi connectivity index (χ4n) is 1.22. The van der Waals surface area contributed by atoms with Crippen molar-refractivity contribution in [2.45, 2.75) is 6.42 Å². The van der Waals surface area contributed by atoms with E-state index in [1.165, 1.54) is 32.4 Å². The van der Waals surface area contributed by atoms with E-state index in [4.69, 9.17) is 4.74 Å². The van der Waals surface area contributed by atoms with Gasteiger partial charge >= 0.3 is 5.97 Å². The molecule has 0 aliphatic carbocycles. The number of carbonyl (C=O) groups is 1. The Morgan fingerprint density at radius 1 is 1.44 bits per heavy atom. The molecule has 0 atom stereocenters. The highest BCUT2D eigenvalue weighted by molar-refractivity contribution is 5.70. The molecule has 0 spiro atoms. The molecule has 5 heteroatoms. The van der Waals surface area contributed by atoms with Crippen molar-refractivity contribution in [3.63, 3.8) is 0 Å². The minimum absolute atomic E-state index is 0.218. The van der Waals surface area contributed by atoms with Gasteiger partial charge in [0.05, 0.1) is 26.3 Å². The SMILES string of the molecule is COC(=O)CCNc1cc(F)ccc1OC. The number of carbonyl (C=O) groups excluding carboxylic acids is 1. The Balaban J connectivity index is 2.58. The summed E-state index contributed by atoms with van der Waals surface area (Å²) in [7, 11) is 2.82. The number of ether oxygens (including phenoxy) is 2. The summed E-state index contributed by atoms with van der Waals surface area (Å²) >= 11 is 0. The molecule has 0 fully saturated rings. The third-order valence-corrected chi connectivity index (χ3v) is 2.03. The van der Waals surface area contributed by atoms with Gasteiger partial charge in [0, 0.05) is 12.6 Å². The third-order valence-electron chi connectivity index (χ3n) is 2.03. The topological polar surface area (TPSA) is 47.6 Å². The van der Waals surface area contributed by atoms with E-state index in [-0.39, 0.29) is 18.2 Å². The van der Waals surface area contributed by atoms with E-state index in [1.807, 2.05) is 0 Å². The lowest BCUT2D eigenvalue weighted by Crippen LogP contribution is -2.10. The van der Waals surface area contributed by atoms with Gasteiger partial charge in [0.15, 0.2) is 0 Å². The zero-order valence-corrected chi connectivity index (χ0v) is 9.25. The van der Waals surface area contributed by atoms with Crippen molar-refractivity contribution in [2.75, 3.05) is 26.1 Å². The van der Waals surface area contributed by atoms with Crippen molar-refractivity contribution in [3.05, 3.63) is 24.0 Å². The van der Waals surface area contributed by atoms with Crippen molar-refractivity contribution < 1.29 is 18.7 Å². The number of benzene rings is 1. The highest BCUT2D eigenvalue weighted by Crippen LogP contribution is 2.24. The van der Waals surface area contributed by atoms with E-state index in [0.29, 0.717) is 18.0 Å². The molecule has 0 aliphatic heterocycles. The summed E-state index contributed by atoms with van der Waals surface area (Å²) in [5.41, 5.74) is 0.520. The second-order valence-electron chi connectivity index (χ2n) is 3.10. The first-order chi connectivity index (χ1) is 7.67. The number of esters is 1. The van der Waals surface area contributed by atoms with Crippen LogP contribution in [0.15, 0.2) is 18.2 Å². The molecule has 0 saturated carbocycles. The van der Waals surface area contributed by atoms with Crippen LogP contribution in [-0.4, -0.2) is 26.7 Å². The molecule has 0 aliphatic rings. The number of nitrogens with one attached hydrogen (secondary N) is 1. The monoisotopic (exact) mass is 227 g/mol. The maximum Gasteiger partial charge on any atom is 0.307 e. The molecule has 4 nitrogen and oxygen atoms in total. The Morgan fingerprint density at radius 2 is 2.19 bits per heavy atom. The smallest absolute Gasteiger partial charge is 0.307 e. The van der Waals surface area contributed by atoms with Gasteiger partial charge in [0.2, 0.25) is 0 Å². The van der Waals surface area contributed by atoms with E-state index >= 15 is 0 Å². The van der Waals surface area contributed by atoms with Gasteiger partial charge in [0.1, 0.15) is 11.6 Å². The average molecular weight is 227 g/mol. The Hall–Kier alpha value is -1.78. The zero-order valence-electron chi connectivity index (χ0n) is 9.25. The quantitative estimate of drug-likeness (QED) is 0.779. The molecular weight excluding hydrogens is 213 g/mol. The summed E-state index contributed by atoms with van der Waals surface area (Å²) in [5, 5.41) is 2.90. The molecule has 0 aromatic heterocycles. The standard InChI is InChI=1S/C11H14FNO3/c1-15-10-4-3-8(12)7-9(10)13-6-5-11(14)16-2/h3-4,7,13H,5-6H2,1-2H3. The van der Waals surface area contributed by atoms with Crippen LogP contribution in [0.25, 0.3) is 0 Å². The van der Waals surface area contributed by atoms with Crippen LogP contribution in [0.2, 0.25) is 0 Å². The summed E-state index contributed by atoms with van der Waals surface area (Å²) < 4.78 is 22.5. The van der Waals surface area contributed by atoms with Crippen LogP contribution in [0.5, 0.6) is 5.75 Å². The highest BCUT2D eigenvalue weighted by atomic mass is 19.1. The molecule has 16 heavy (non-hydrogen) atoms. The van der Waals surface area contributed by atoms with Crippen LogP contribution < -0.4 is 10.1 Å². The zero-order chi connectivity index (χ0) is 12.0. The molecule has 1 rings (SSSR count). The predicted molar refractivity (Wildman–Crippen MR) is 58.1 cm³/mol. The van der Waals surface area contributed by atoms with Gasteiger partial charge in [-0.3, -0.25) is 4.79 Å². The first kappa shape index (κ1) is 12.3. The first-order valence-electron chi connectivity index (χ1n) is 4.81. The maximum absolute atomic E-state index is 12.9. The summed E-state index contributed by atoms with van der Waals surface area (Å²) in [6, 6.07) is 4.15. The number of rotatable bonds is 5. The number of anilines is 1. The van der Waals surface area contributed by atoms with E-state index in [1.54, 1.807) is 0 Å². The number of halogens is 1. The van der Waals surface area contributed by atoms with Crippen molar-refractivity contribution in [1.29, 1.82) is 0 Å². The first-order valence-corrected chi connectivity index (χ1v) is 4.81. The summed E-state index contributed by atoms with van der Waals surface area (Å²) in [6.07, 6.45) is 0.218. The molecule has 0 bridgehead atoms. The van der Waals surface area contributed by atoms with Crippen LogP contribution in [0, 0.1) is 5.82 Å². The van der Waals surface area contributed by atoms with Crippen LogP contribution in [-0.2, 0) is 9.53 Å². The largest absolute Gasteiger partial charge is 0.495 e. The molecule has 88 valence electrons. The lowest BCUT2D eigenvalue weighted by atomic mass is 10.2. The second kappa shape index (κ2) is 5.95. The Morgan fingerprint density at radius 3 is 2.81 bits per heavy atom. The van der Waals surface area contributed by atoms with Crippen molar-refractivity contribution >= 4 is 11.7 Å². The summed E-state index contributed by atoms with van der Waals surface area (Å²) in [4.78, 5) is 10.9. The van der Waals surface area contributed by atoms with Gasteiger partial charge in [-0.1, -0.05) is 0 Å². The van der Waals surface area contributed by atoms with Gasteiger partial charge in [-0.05, 0) is 12.1 Å². The number of methoxy groups -OCH3 is 2. The molecule has 0 unspecified atom stereocenters. The van der Waals surface area contributed by atoms with Crippen LogP contribution in [0.3, 0.4) is 0 Å². The van der Waals surface area contributed by atoms with Gasteiger partial charge in [-0.25, -0.2) is 4.39 Å². The normalized spacial score (nSPS) is 9.69. The summed E-state index contributed by atoms with van der Waals surface area (Å²) in [6.45, 7) is 0.368. The Kier molecular flexibility index (Phi) is 4.57. The molecule has 0 amide bonds. The van der Waals surface area contributed by atoms with Gasteiger partial charge < -0.3 is 14.8 Å². The highest BCUT2D eigenvalue weighted by Gasteiger charge is 2.05. The fourth-order valence-corrected chi connectivity index (χ4v) is 1.22. The van der Waals surface area contributed by atoms with Crippen LogP contribution in [0.1, 0.15) is 6.42 Å². The lowest BCUT2D eigenvalue weighted by molar-refractivity contribution is -0.140. The van der Waals surface area contributed by atoms with E-state index in [9.17, 15) is 9.18 Å². The van der Waals surface area contributed by atoms with E-state index in [0.717, 1.165) is 0 Å². The number of hydrogen-bond donors (Lipinski definition) is 1.